The Kier molecular flexibility index (Phi) is 2.12. The van der Waals surface area contributed by atoms with Gasteiger partial charge in [0.1, 0.15) is 5.75 Å². The molecule has 0 aromatic heterocycles. The number of aromatic hydroxyl groups is 1. The molecule has 0 unspecified atom stereocenters. The molecule has 0 atom stereocenters. The largest absolute Gasteiger partial charge is 0.508 e. The molecule has 0 radical (unpaired) electrons. The van der Waals surface area contributed by atoms with E-state index in [0.29, 0.717) is 0 Å². The van der Waals surface area contributed by atoms with E-state index in [2.05, 4.69) is 0 Å². The third kappa shape index (κ3) is 1.61. The molecule has 0 fully saturated rings. The highest BCUT2D eigenvalue weighted by atomic mass is 32.2. The zero-order valence-corrected chi connectivity index (χ0v) is 7.58. The lowest BCUT2D eigenvalue weighted by Crippen LogP contribution is -1.74. The number of rotatable bonds is 1. The predicted molar refractivity (Wildman–Crippen MR) is 54.1 cm³/mol. The Bertz CT molecular complexity index is 440. The van der Waals surface area contributed by atoms with Crippen LogP contribution in [0, 0.1) is 0 Å². The van der Waals surface area contributed by atoms with Crippen molar-refractivity contribution >= 4 is 22.8 Å². The van der Waals surface area contributed by atoms with Gasteiger partial charge in [0.25, 0.3) is 0 Å². The second kappa shape index (κ2) is 3.28. The first kappa shape index (κ1) is 8.41. The highest BCUT2D eigenvalue weighted by Gasteiger charge is 1.97. The van der Waals surface area contributed by atoms with Gasteiger partial charge in [0.05, 0.1) is 0 Å². The summed E-state index contributed by atoms with van der Waals surface area (Å²) in [5, 5.41) is 11.2. The van der Waals surface area contributed by atoms with Crippen LogP contribution in [0.4, 0.5) is 0 Å². The van der Waals surface area contributed by atoms with E-state index in [1.165, 1.54) is 0 Å². The van der Waals surface area contributed by atoms with E-state index >= 15 is 0 Å². The van der Waals surface area contributed by atoms with Crippen molar-refractivity contribution in [2.75, 3.05) is 0 Å². The average molecular weight is 192 g/mol. The summed E-state index contributed by atoms with van der Waals surface area (Å²) >= 11 is 0.725. The van der Waals surface area contributed by atoms with Crippen molar-refractivity contribution in [2.24, 2.45) is 0 Å². The molecule has 0 aliphatic rings. The number of phenols is 1. The molecule has 2 aromatic carbocycles. The van der Waals surface area contributed by atoms with Gasteiger partial charge in [0.15, 0.2) is 0 Å². The molecule has 0 aliphatic carbocycles. The fourth-order valence-corrected chi connectivity index (χ4v) is 1.58. The fourth-order valence-electron chi connectivity index (χ4n) is 1.27. The molecule has 2 rings (SSSR count). The minimum atomic E-state index is 0.261. The molecule has 2 N–H and O–H groups in total. The molecular weight excluding hydrogens is 184 g/mol. The summed E-state index contributed by atoms with van der Waals surface area (Å²) in [5.41, 5.74) is 0. The van der Waals surface area contributed by atoms with E-state index in [1.807, 2.05) is 24.3 Å². The van der Waals surface area contributed by atoms with Crippen molar-refractivity contribution in [3.63, 3.8) is 0 Å². The normalized spacial score (nSPS) is 10.5. The minimum Gasteiger partial charge on any atom is -0.508 e. The van der Waals surface area contributed by atoms with Gasteiger partial charge in [0.2, 0.25) is 0 Å². The fraction of sp³-hybridized carbons (Fsp3) is 0. The van der Waals surface area contributed by atoms with Crippen LogP contribution in [0.15, 0.2) is 41.3 Å². The van der Waals surface area contributed by atoms with E-state index in [1.54, 1.807) is 12.1 Å². The van der Waals surface area contributed by atoms with E-state index in [0.717, 1.165) is 27.7 Å². The average Bonchev–Trinajstić information content (AvgIpc) is 2.17. The summed E-state index contributed by atoms with van der Waals surface area (Å²) in [4.78, 5) is 0.804. The number of benzene rings is 2. The third-order valence-corrected chi connectivity index (χ3v) is 2.37. The Labute approximate surface area is 80.0 Å². The van der Waals surface area contributed by atoms with Gasteiger partial charge < -0.3 is 9.66 Å². The molecular formula is C10H8O2S. The molecule has 3 heteroatoms. The Morgan fingerprint density at radius 1 is 0.923 bits per heavy atom. The number of hydrogen-bond donors (Lipinski definition) is 2. The maximum atomic E-state index is 9.20. The smallest absolute Gasteiger partial charge is 0.116 e. The van der Waals surface area contributed by atoms with Crippen molar-refractivity contribution in [2.45, 2.75) is 4.90 Å². The highest BCUT2D eigenvalue weighted by Crippen LogP contribution is 2.24. The molecule has 2 nitrogen and oxygen atoms in total. The van der Waals surface area contributed by atoms with Crippen LogP contribution in [-0.2, 0) is 0 Å². The molecule has 0 amide bonds. The molecule has 0 bridgehead atoms. The quantitative estimate of drug-likeness (QED) is 0.682. The molecule has 0 heterocycles. The number of hydrogen-bond acceptors (Lipinski definition) is 3. The van der Waals surface area contributed by atoms with E-state index in [-0.39, 0.29) is 5.75 Å². The van der Waals surface area contributed by atoms with Gasteiger partial charge in [-0.3, -0.25) is 0 Å². The first-order valence-electron chi connectivity index (χ1n) is 3.84. The molecule has 0 saturated heterocycles. The van der Waals surface area contributed by atoms with Crippen LogP contribution in [-0.4, -0.2) is 9.66 Å². The lowest BCUT2D eigenvalue weighted by atomic mass is 10.1. The van der Waals surface area contributed by atoms with Crippen LogP contribution in [0.25, 0.3) is 10.8 Å². The van der Waals surface area contributed by atoms with Gasteiger partial charge >= 0.3 is 0 Å². The van der Waals surface area contributed by atoms with Gasteiger partial charge in [-0.15, -0.1) is 0 Å². The summed E-state index contributed by atoms with van der Waals surface area (Å²) in [5.74, 6) is 0.261. The van der Waals surface area contributed by atoms with Gasteiger partial charge in [-0.25, -0.2) is 0 Å². The van der Waals surface area contributed by atoms with E-state index in [4.69, 9.17) is 4.55 Å². The van der Waals surface area contributed by atoms with Gasteiger partial charge in [-0.1, -0.05) is 12.1 Å². The van der Waals surface area contributed by atoms with E-state index < -0.39 is 0 Å². The van der Waals surface area contributed by atoms with Crippen LogP contribution < -0.4 is 0 Å². The monoisotopic (exact) mass is 192 g/mol. The lowest BCUT2D eigenvalue weighted by Gasteiger charge is -2.00. The van der Waals surface area contributed by atoms with Gasteiger partial charge in [0, 0.05) is 16.9 Å². The Hall–Kier alpha value is -1.19. The van der Waals surface area contributed by atoms with Crippen LogP contribution in [0.5, 0.6) is 5.75 Å². The molecule has 0 aliphatic heterocycles. The molecule has 66 valence electrons. The van der Waals surface area contributed by atoms with Gasteiger partial charge in [-0.2, -0.15) is 0 Å². The van der Waals surface area contributed by atoms with Crippen molar-refractivity contribution in [1.29, 1.82) is 0 Å². The molecule has 0 spiro atoms. The number of phenolic OH excluding ortho intramolecular Hbond substituents is 1. The Balaban J connectivity index is 2.66. The van der Waals surface area contributed by atoms with Crippen molar-refractivity contribution in [3.8, 4) is 5.75 Å². The third-order valence-electron chi connectivity index (χ3n) is 1.90. The lowest BCUT2D eigenvalue weighted by molar-refractivity contribution is 0.476. The topological polar surface area (TPSA) is 40.5 Å². The molecule has 13 heavy (non-hydrogen) atoms. The highest BCUT2D eigenvalue weighted by molar-refractivity contribution is 7.93. The zero-order chi connectivity index (χ0) is 9.26. The van der Waals surface area contributed by atoms with Crippen molar-refractivity contribution < 1.29 is 9.66 Å². The summed E-state index contributed by atoms with van der Waals surface area (Å²) in [6, 6.07) is 10.7. The van der Waals surface area contributed by atoms with Crippen molar-refractivity contribution in [3.05, 3.63) is 36.4 Å². The summed E-state index contributed by atoms with van der Waals surface area (Å²) in [6.45, 7) is 0. The first-order valence-corrected chi connectivity index (χ1v) is 4.61. The maximum Gasteiger partial charge on any atom is 0.116 e. The molecule has 2 aromatic rings. The number of fused-ring (bicyclic) bond motifs is 1. The van der Waals surface area contributed by atoms with Crippen molar-refractivity contribution in [1.82, 2.24) is 0 Å². The molecule has 0 saturated carbocycles. The summed E-state index contributed by atoms with van der Waals surface area (Å²) in [7, 11) is 0. The Morgan fingerprint density at radius 3 is 2.38 bits per heavy atom. The first-order chi connectivity index (χ1) is 6.29. The Morgan fingerprint density at radius 2 is 1.62 bits per heavy atom. The SMILES string of the molecule is OSc1ccc2cc(O)ccc2c1. The second-order valence-electron chi connectivity index (χ2n) is 2.78. The van der Waals surface area contributed by atoms with Gasteiger partial charge in [-0.05, 0) is 35.0 Å². The van der Waals surface area contributed by atoms with Crippen LogP contribution in [0.2, 0.25) is 0 Å². The van der Waals surface area contributed by atoms with Crippen LogP contribution in [0.1, 0.15) is 0 Å². The summed E-state index contributed by atoms with van der Waals surface area (Å²) < 4.78 is 8.82. The summed E-state index contributed by atoms with van der Waals surface area (Å²) in [6.07, 6.45) is 0. The predicted octanol–water partition coefficient (Wildman–Crippen LogP) is 3.11. The standard InChI is InChI=1S/C10H8O2S/c11-9-3-1-8-6-10(13-12)4-2-7(8)5-9/h1-6,11-12H. The van der Waals surface area contributed by atoms with Crippen LogP contribution in [0.3, 0.4) is 0 Å². The minimum absolute atomic E-state index is 0.261. The maximum absolute atomic E-state index is 9.20. The van der Waals surface area contributed by atoms with Crippen LogP contribution >= 0.6 is 12.0 Å². The zero-order valence-electron chi connectivity index (χ0n) is 6.77. The second-order valence-corrected chi connectivity index (χ2v) is 3.44. The van der Waals surface area contributed by atoms with E-state index in [9.17, 15) is 5.11 Å².